The molecule has 12 rings (SSSR count). The zero-order valence-corrected chi connectivity index (χ0v) is 53.8. The van der Waals surface area contributed by atoms with E-state index in [1.54, 1.807) is 93.1 Å². The molecule has 0 saturated heterocycles. The van der Waals surface area contributed by atoms with Gasteiger partial charge in [-0.2, -0.15) is 21.0 Å². The molecule has 90 heavy (non-hydrogen) atoms. The Morgan fingerprint density at radius 1 is 0.411 bits per heavy atom. The number of rotatable bonds is 13. The predicted molar refractivity (Wildman–Crippen MR) is 357 cm³/mol. The van der Waals surface area contributed by atoms with E-state index in [1.807, 2.05) is 54.6 Å². The Morgan fingerprint density at radius 2 is 0.733 bits per heavy atom. The second-order valence-corrected chi connectivity index (χ2v) is 27.3. The highest BCUT2D eigenvalue weighted by Crippen LogP contribution is 2.49. The van der Waals surface area contributed by atoms with Crippen LogP contribution in [0.25, 0.3) is 0 Å². The van der Waals surface area contributed by atoms with E-state index in [-0.39, 0.29) is 45.5 Å². The number of benzene rings is 4. The summed E-state index contributed by atoms with van der Waals surface area (Å²) in [6.07, 6.45) is 44.7. The summed E-state index contributed by atoms with van der Waals surface area (Å²) in [6.45, 7) is 12.1. The minimum absolute atomic E-state index is 0.140. The van der Waals surface area contributed by atoms with Gasteiger partial charge in [-0.3, -0.25) is 0 Å². The van der Waals surface area contributed by atoms with Crippen molar-refractivity contribution >= 4 is 0 Å². The van der Waals surface area contributed by atoms with Gasteiger partial charge in [0, 0.05) is 0 Å². The number of allylic oxidation sites excluding steroid dienone is 12. The number of hydrogen-bond acceptors (Lipinski definition) is 4. The summed E-state index contributed by atoms with van der Waals surface area (Å²) >= 11 is 0. The second kappa shape index (κ2) is 33.2. The average Bonchev–Trinajstić information content (AvgIpc) is 1.31. The Morgan fingerprint density at radius 3 is 1.07 bits per heavy atom. The van der Waals surface area contributed by atoms with Crippen LogP contribution in [0.4, 0.5) is 17.6 Å². The van der Waals surface area contributed by atoms with Crippen molar-refractivity contribution in [2.75, 3.05) is 0 Å². The van der Waals surface area contributed by atoms with E-state index in [1.165, 1.54) is 116 Å². The molecule has 0 aliphatic heterocycles. The van der Waals surface area contributed by atoms with Crippen LogP contribution in [0.5, 0.6) is 0 Å². The van der Waals surface area contributed by atoms with Crippen LogP contribution in [-0.2, 0) is 0 Å². The van der Waals surface area contributed by atoms with Crippen LogP contribution in [0.1, 0.15) is 275 Å². The quantitative estimate of drug-likeness (QED) is 0.0757. The third-order valence-corrected chi connectivity index (χ3v) is 21.7. The molecule has 0 bridgehead atoms. The first-order chi connectivity index (χ1) is 43.8. The summed E-state index contributed by atoms with van der Waals surface area (Å²) in [5.41, 5.74) is 18.0. The summed E-state index contributed by atoms with van der Waals surface area (Å²) < 4.78 is 55.4. The molecule has 0 aromatic heterocycles. The number of nitrogens with zero attached hydrogens (tertiary/aromatic N) is 4. The Hall–Kier alpha value is -7.26. The van der Waals surface area contributed by atoms with Gasteiger partial charge in [0.2, 0.25) is 0 Å². The van der Waals surface area contributed by atoms with Crippen LogP contribution in [0, 0.1) is 92.3 Å². The van der Waals surface area contributed by atoms with Crippen LogP contribution >= 0.6 is 0 Å². The summed E-state index contributed by atoms with van der Waals surface area (Å²) in [4.78, 5) is 0. The van der Waals surface area contributed by atoms with E-state index in [0.717, 1.165) is 111 Å². The molecule has 0 amide bonds. The molecule has 8 atom stereocenters. The monoisotopic (exact) mass is 1210 g/mol. The van der Waals surface area contributed by atoms with Crippen LogP contribution in [0.15, 0.2) is 155 Å². The molecule has 0 heterocycles. The molecule has 8 heteroatoms. The lowest BCUT2D eigenvalue weighted by Gasteiger charge is -2.34. The van der Waals surface area contributed by atoms with Crippen molar-refractivity contribution in [1.29, 1.82) is 21.0 Å². The van der Waals surface area contributed by atoms with Gasteiger partial charge in [-0.1, -0.05) is 126 Å². The summed E-state index contributed by atoms with van der Waals surface area (Å²) in [7, 11) is 0. The SMILES string of the molecule is C/C=C/C1CCC2=C(CCC(c3ccc(C#N)c(F)c3)C2)C1.C=CC1CCC2=C(CCC(c3ccc(C#N)c(F)c3)C2)C1.C=CCCC1CCC2=C(CCC(c3ccc(C#N)c(F)c3)C2)C1.CCCCCC1CCC2=C(CCC(c3ccc(C#N)c(F)c3)C2)C1. The van der Waals surface area contributed by atoms with Gasteiger partial charge < -0.3 is 0 Å². The zero-order chi connectivity index (χ0) is 63.5. The van der Waals surface area contributed by atoms with Gasteiger partial charge in [0.1, 0.15) is 47.5 Å². The molecule has 4 nitrogen and oxygen atoms in total. The molecule has 0 N–H and O–H groups in total. The lowest BCUT2D eigenvalue weighted by Crippen LogP contribution is -2.17. The van der Waals surface area contributed by atoms with E-state index in [9.17, 15) is 17.6 Å². The highest BCUT2D eigenvalue weighted by molar-refractivity contribution is 5.41. The largest absolute Gasteiger partial charge is 0.206 e. The third-order valence-electron chi connectivity index (χ3n) is 21.7. The van der Waals surface area contributed by atoms with Crippen LogP contribution in [0.2, 0.25) is 0 Å². The Balaban J connectivity index is 0.000000142. The average molecular weight is 1210 g/mol. The lowest BCUT2D eigenvalue weighted by atomic mass is 9.71. The van der Waals surface area contributed by atoms with Gasteiger partial charge in [-0.25, -0.2) is 17.6 Å². The minimum atomic E-state index is -0.384. The lowest BCUT2D eigenvalue weighted by molar-refractivity contribution is 0.377. The normalized spacial score (nSPS) is 24.5. The van der Waals surface area contributed by atoms with Gasteiger partial charge in [-0.15, -0.1) is 13.2 Å². The highest BCUT2D eigenvalue weighted by Gasteiger charge is 2.32. The molecule has 0 saturated carbocycles. The topological polar surface area (TPSA) is 95.2 Å². The van der Waals surface area contributed by atoms with Crippen LogP contribution in [0.3, 0.4) is 0 Å². The van der Waals surface area contributed by atoms with Gasteiger partial charge in [0.05, 0.1) is 22.3 Å². The van der Waals surface area contributed by atoms with Crippen molar-refractivity contribution < 1.29 is 17.6 Å². The molecule has 0 fully saturated rings. The molecule has 0 radical (unpaired) electrons. The van der Waals surface area contributed by atoms with Crippen LogP contribution < -0.4 is 0 Å². The number of nitriles is 4. The first-order valence-corrected chi connectivity index (χ1v) is 34.3. The first kappa shape index (κ1) is 67.1. The fourth-order valence-corrected chi connectivity index (χ4v) is 16.4. The van der Waals surface area contributed by atoms with Gasteiger partial charge in [0.25, 0.3) is 0 Å². The Kier molecular flexibility index (Phi) is 24.7. The maximum atomic E-state index is 13.9. The maximum Gasteiger partial charge on any atom is 0.141 e. The smallest absolute Gasteiger partial charge is 0.141 e. The molecule has 4 aromatic rings. The molecule has 470 valence electrons. The van der Waals surface area contributed by atoms with Gasteiger partial charge in [-0.05, 0) is 292 Å². The van der Waals surface area contributed by atoms with Crippen molar-refractivity contribution in [1.82, 2.24) is 0 Å². The third kappa shape index (κ3) is 17.6. The molecule has 0 spiro atoms. The second-order valence-electron chi connectivity index (χ2n) is 27.3. The Bertz CT molecular complexity index is 3540. The number of unbranched alkanes of at least 4 members (excludes halogenated alkanes) is 2. The van der Waals surface area contributed by atoms with Crippen molar-refractivity contribution in [3.8, 4) is 24.3 Å². The highest BCUT2D eigenvalue weighted by atomic mass is 19.1. The van der Waals surface area contributed by atoms with Crippen molar-refractivity contribution in [2.45, 2.75) is 230 Å². The molecular weight excluding hydrogens is 1120 g/mol. The van der Waals surface area contributed by atoms with E-state index >= 15 is 0 Å². The van der Waals surface area contributed by atoms with Crippen LogP contribution in [-0.4, -0.2) is 0 Å². The summed E-state index contributed by atoms with van der Waals surface area (Å²) in [5, 5.41) is 35.4. The molecule has 8 unspecified atom stereocenters. The minimum Gasteiger partial charge on any atom is -0.206 e. The van der Waals surface area contributed by atoms with Crippen molar-refractivity contribution in [3.63, 3.8) is 0 Å². The molecular formula is C82H94F4N4. The number of halogens is 4. The van der Waals surface area contributed by atoms with Crippen molar-refractivity contribution in [3.05, 3.63) is 223 Å². The van der Waals surface area contributed by atoms with Crippen molar-refractivity contribution in [2.24, 2.45) is 23.7 Å². The molecule has 4 aromatic carbocycles. The van der Waals surface area contributed by atoms with Gasteiger partial charge in [0.15, 0.2) is 0 Å². The van der Waals surface area contributed by atoms with E-state index in [4.69, 9.17) is 21.0 Å². The maximum absolute atomic E-state index is 13.9. The zero-order valence-electron chi connectivity index (χ0n) is 53.8. The fraction of sp³-hybridized carbons (Fsp3) is 0.488. The summed E-state index contributed by atoms with van der Waals surface area (Å²) in [6, 6.07) is 28.1. The standard InChI is InChI=1S/C22H28FN.C21H24FN.C20H22FN.C19H20FN/c1-2-3-4-5-16-6-7-18-13-19(9-8-17(18)12-16)20-10-11-21(15-24)22(23)14-20;1-2-3-4-15-5-6-17-12-18(8-7-16(17)11-15)19-9-10-20(14-23)21(22)13-19;1-2-3-14-4-5-16-11-17(7-6-15(16)10-14)18-8-9-19(13-22)20(21)12-18;1-2-13-3-4-15-10-16(6-5-14(15)9-13)17-7-8-18(12-21)19(20)11-17/h10-11,14,16,19H,2-9,12-13H2,1H3;2,9-10,13,15,18H,1,3-8,11-12H2;2-3,8-9,12,14,17H,4-7,10-11H2,1H3;2,7-8,11,13,16H,1,3-6,9-10H2/b;;3-2+;. The fourth-order valence-electron chi connectivity index (χ4n) is 16.4. The predicted octanol–water partition coefficient (Wildman–Crippen LogP) is 23.6. The van der Waals surface area contributed by atoms with Gasteiger partial charge >= 0.3 is 0 Å². The molecule has 8 aliphatic carbocycles. The first-order valence-electron chi connectivity index (χ1n) is 34.3. The molecule has 8 aliphatic rings. The van der Waals surface area contributed by atoms with E-state index in [2.05, 4.69) is 45.2 Å². The summed E-state index contributed by atoms with van der Waals surface area (Å²) in [5.74, 6) is 3.26. The van der Waals surface area contributed by atoms with E-state index < -0.39 is 0 Å². The Labute approximate surface area is 536 Å². The van der Waals surface area contributed by atoms with E-state index in [0.29, 0.717) is 35.5 Å². The number of hydrogen-bond donors (Lipinski definition) is 0.